The first-order chi connectivity index (χ1) is 6.33. The molecule has 3 N–H and O–H groups in total. The van der Waals surface area contributed by atoms with Crippen molar-refractivity contribution < 1.29 is 0 Å². The van der Waals surface area contributed by atoms with Gasteiger partial charge in [-0.25, -0.2) is 0 Å². The highest BCUT2D eigenvalue weighted by molar-refractivity contribution is 5.83. The summed E-state index contributed by atoms with van der Waals surface area (Å²) in [7, 11) is 2.04. The Labute approximate surface area is 77.1 Å². The first-order valence-electron chi connectivity index (χ1n) is 4.29. The van der Waals surface area contributed by atoms with Crippen LogP contribution < -0.4 is 11.3 Å². The van der Waals surface area contributed by atoms with Crippen molar-refractivity contribution in [2.45, 2.75) is 6.54 Å². The summed E-state index contributed by atoms with van der Waals surface area (Å²) in [6.45, 7) is 0.710. The van der Waals surface area contributed by atoms with Crippen molar-refractivity contribution in [3.05, 3.63) is 36.0 Å². The van der Waals surface area contributed by atoms with Crippen LogP contribution >= 0.6 is 0 Å². The van der Waals surface area contributed by atoms with Gasteiger partial charge in [-0.3, -0.25) is 11.3 Å². The fraction of sp³-hybridized carbons (Fsp3) is 0.200. The molecule has 1 aromatic carbocycles. The van der Waals surface area contributed by atoms with Crippen LogP contribution in [0.2, 0.25) is 0 Å². The van der Waals surface area contributed by atoms with E-state index in [2.05, 4.69) is 40.5 Å². The summed E-state index contributed by atoms with van der Waals surface area (Å²) in [5.74, 6) is 5.30. The monoisotopic (exact) mass is 175 g/mol. The molecule has 0 unspecified atom stereocenters. The molecular weight excluding hydrogens is 162 g/mol. The fourth-order valence-corrected chi connectivity index (χ4v) is 1.63. The second-order valence-electron chi connectivity index (χ2n) is 3.16. The standard InChI is InChI=1S/C10H13N3/c1-13-6-5-9-8(7-12-11)3-2-4-10(9)13/h2-6,12H,7,11H2,1H3. The Hall–Kier alpha value is -1.32. The molecule has 0 atom stereocenters. The van der Waals surface area contributed by atoms with Crippen LogP contribution in [-0.2, 0) is 13.6 Å². The van der Waals surface area contributed by atoms with E-state index < -0.39 is 0 Å². The van der Waals surface area contributed by atoms with Gasteiger partial charge < -0.3 is 4.57 Å². The third kappa shape index (κ3) is 1.32. The third-order valence-corrected chi connectivity index (χ3v) is 2.31. The molecule has 0 aliphatic carbocycles. The predicted molar refractivity (Wildman–Crippen MR) is 53.9 cm³/mol. The summed E-state index contributed by atoms with van der Waals surface area (Å²) < 4.78 is 2.11. The number of benzene rings is 1. The minimum atomic E-state index is 0.710. The Bertz CT molecular complexity index is 417. The number of hydrazine groups is 1. The maximum absolute atomic E-state index is 5.30. The lowest BCUT2D eigenvalue weighted by molar-refractivity contribution is 0.745. The summed E-state index contributed by atoms with van der Waals surface area (Å²) in [4.78, 5) is 0. The molecule has 13 heavy (non-hydrogen) atoms. The number of aromatic nitrogens is 1. The van der Waals surface area contributed by atoms with Crippen molar-refractivity contribution in [2.24, 2.45) is 12.9 Å². The Kier molecular flexibility index (Phi) is 2.04. The van der Waals surface area contributed by atoms with Gasteiger partial charge in [0.25, 0.3) is 0 Å². The minimum absolute atomic E-state index is 0.710. The maximum atomic E-state index is 5.30. The van der Waals surface area contributed by atoms with E-state index in [1.807, 2.05) is 7.05 Å². The van der Waals surface area contributed by atoms with E-state index in [1.54, 1.807) is 0 Å². The second kappa shape index (κ2) is 3.20. The number of nitrogens with two attached hydrogens (primary N) is 1. The molecule has 68 valence electrons. The van der Waals surface area contributed by atoms with E-state index in [-0.39, 0.29) is 0 Å². The number of hydrogen-bond donors (Lipinski definition) is 2. The molecule has 2 rings (SSSR count). The highest BCUT2D eigenvalue weighted by Crippen LogP contribution is 2.18. The summed E-state index contributed by atoms with van der Waals surface area (Å²) >= 11 is 0. The van der Waals surface area contributed by atoms with E-state index in [0.717, 1.165) is 0 Å². The van der Waals surface area contributed by atoms with Crippen molar-refractivity contribution in [1.82, 2.24) is 9.99 Å². The molecule has 0 amide bonds. The van der Waals surface area contributed by atoms with Gasteiger partial charge in [-0.1, -0.05) is 12.1 Å². The first-order valence-corrected chi connectivity index (χ1v) is 4.29. The van der Waals surface area contributed by atoms with Crippen molar-refractivity contribution in [3.63, 3.8) is 0 Å². The molecule has 0 saturated carbocycles. The molecule has 2 aromatic rings. The molecule has 1 aromatic heterocycles. The highest BCUT2D eigenvalue weighted by Gasteiger charge is 2.01. The Morgan fingerprint density at radius 3 is 3.00 bits per heavy atom. The van der Waals surface area contributed by atoms with Crippen molar-refractivity contribution in [2.75, 3.05) is 0 Å². The van der Waals surface area contributed by atoms with E-state index in [1.165, 1.54) is 16.5 Å². The summed E-state index contributed by atoms with van der Waals surface area (Å²) in [6.07, 6.45) is 2.06. The number of nitrogens with one attached hydrogen (secondary N) is 1. The Morgan fingerprint density at radius 1 is 1.38 bits per heavy atom. The van der Waals surface area contributed by atoms with Gasteiger partial charge in [0.15, 0.2) is 0 Å². The number of fused-ring (bicyclic) bond motifs is 1. The lowest BCUT2D eigenvalue weighted by Crippen LogP contribution is -2.20. The zero-order valence-corrected chi connectivity index (χ0v) is 7.62. The predicted octanol–water partition coefficient (Wildman–Crippen LogP) is 1.14. The summed E-state index contributed by atoms with van der Waals surface area (Å²) in [6, 6.07) is 8.36. The zero-order chi connectivity index (χ0) is 9.26. The van der Waals surface area contributed by atoms with Crippen LogP contribution in [0.4, 0.5) is 0 Å². The maximum Gasteiger partial charge on any atom is 0.0480 e. The van der Waals surface area contributed by atoms with E-state index in [0.29, 0.717) is 6.54 Å². The van der Waals surface area contributed by atoms with Crippen LogP contribution in [0.25, 0.3) is 10.9 Å². The van der Waals surface area contributed by atoms with Crippen LogP contribution in [0, 0.1) is 0 Å². The molecule has 0 aliphatic rings. The highest BCUT2D eigenvalue weighted by atomic mass is 15.2. The van der Waals surface area contributed by atoms with Gasteiger partial charge in [-0.05, 0) is 17.7 Å². The summed E-state index contributed by atoms with van der Waals surface area (Å²) in [5.41, 5.74) is 5.16. The van der Waals surface area contributed by atoms with E-state index in [9.17, 15) is 0 Å². The SMILES string of the molecule is Cn1ccc2c(CNN)cccc21. The average Bonchev–Trinajstić information content (AvgIpc) is 2.50. The lowest BCUT2D eigenvalue weighted by atomic mass is 10.1. The van der Waals surface area contributed by atoms with Gasteiger partial charge in [0.1, 0.15) is 0 Å². The normalized spacial score (nSPS) is 10.9. The van der Waals surface area contributed by atoms with Crippen LogP contribution in [0.15, 0.2) is 30.5 Å². The summed E-state index contributed by atoms with van der Waals surface area (Å²) in [5, 5.41) is 1.27. The molecule has 0 spiro atoms. The lowest BCUT2D eigenvalue weighted by Gasteiger charge is -2.02. The van der Waals surface area contributed by atoms with Gasteiger partial charge in [0.2, 0.25) is 0 Å². The van der Waals surface area contributed by atoms with Gasteiger partial charge in [-0.2, -0.15) is 0 Å². The zero-order valence-electron chi connectivity index (χ0n) is 7.62. The molecule has 0 radical (unpaired) electrons. The van der Waals surface area contributed by atoms with E-state index >= 15 is 0 Å². The Balaban J connectivity index is 2.63. The van der Waals surface area contributed by atoms with Crippen LogP contribution in [0.5, 0.6) is 0 Å². The topological polar surface area (TPSA) is 43.0 Å². The van der Waals surface area contributed by atoms with Crippen LogP contribution in [0.1, 0.15) is 5.56 Å². The molecule has 3 nitrogen and oxygen atoms in total. The van der Waals surface area contributed by atoms with Gasteiger partial charge >= 0.3 is 0 Å². The van der Waals surface area contributed by atoms with Crippen LogP contribution in [0.3, 0.4) is 0 Å². The quantitative estimate of drug-likeness (QED) is 0.531. The molecular formula is C10H13N3. The largest absolute Gasteiger partial charge is 0.351 e. The smallest absolute Gasteiger partial charge is 0.0480 e. The molecule has 0 fully saturated rings. The average molecular weight is 175 g/mol. The van der Waals surface area contributed by atoms with Gasteiger partial charge in [-0.15, -0.1) is 0 Å². The molecule has 3 heteroatoms. The van der Waals surface area contributed by atoms with Crippen molar-refractivity contribution in [3.8, 4) is 0 Å². The minimum Gasteiger partial charge on any atom is -0.351 e. The molecule has 1 heterocycles. The second-order valence-corrected chi connectivity index (χ2v) is 3.16. The molecule has 0 aliphatic heterocycles. The number of rotatable bonds is 2. The molecule has 0 saturated heterocycles. The van der Waals surface area contributed by atoms with Crippen molar-refractivity contribution >= 4 is 10.9 Å². The number of aryl methyl sites for hydroxylation is 1. The van der Waals surface area contributed by atoms with Crippen molar-refractivity contribution in [1.29, 1.82) is 0 Å². The van der Waals surface area contributed by atoms with Crippen LogP contribution in [-0.4, -0.2) is 4.57 Å². The fourth-order valence-electron chi connectivity index (χ4n) is 1.63. The van der Waals surface area contributed by atoms with Gasteiger partial charge in [0, 0.05) is 30.7 Å². The number of hydrogen-bond acceptors (Lipinski definition) is 2. The third-order valence-electron chi connectivity index (χ3n) is 2.31. The Morgan fingerprint density at radius 2 is 2.23 bits per heavy atom. The molecule has 0 bridgehead atoms. The van der Waals surface area contributed by atoms with E-state index in [4.69, 9.17) is 5.84 Å². The van der Waals surface area contributed by atoms with Gasteiger partial charge in [0.05, 0.1) is 0 Å². The number of nitrogens with zero attached hydrogens (tertiary/aromatic N) is 1. The first kappa shape index (κ1) is 8.29.